The molecule has 8 heteroatoms. The van der Waals surface area contributed by atoms with Crippen molar-refractivity contribution in [1.29, 1.82) is 0 Å². The smallest absolute Gasteiger partial charge is 0.234 e. The van der Waals surface area contributed by atoms with Crippen LogP contribution in [0.2, 0.25) is 0 Å². The van der Waals surface area contributed by atoms with E-state index in [2.05, 4.69) is 10.5 Å². The molecule has 0 aliphatic heterocycles. The number of hydrogen-bond acceptors (Lipinski definition) is 5. The van der Waals surface area contributed by atoms with Crippen LogP contribution >= 0.6 is 0 Å². The molecule has 0 saturated heterocycles. The van der Waals surface area contributed by atoms with Crippen LogP contribution in [-0.2, 0) is 14.6 Å². The van der Waals surface area contributed by atoms with Crippen LogP contribution in [0, 0.1) is 11.3 Å². The van der Waals surface area contributed by atoms with Gasteiger partial charge in [0.15, 0.2) is 15.7 Å². The highest BCUT2D eigenvalue weighted by atomic mass is 32.2. The number of carbonyl (C=O) groups is 1. The molecule has 0 heterocycles. The SMILES string of the molecule is CCS(=O)(=O)CCNC(=O)C1(C(N)=NO)CC(C)C1. The minimum Gasteiger partial charge on any atom is -0.409 e. The average molecular weight is 291 g/mol. The number of rotatable bonds is 6. The van der Waals surface area contributed by atoms with Gasteiger partial charge in [-0.2, -0.15) is 0 Å². The van der Waals surface area contributed by atoms with Gasteiger partial charge in [-0.3, -0.25) is 4.79 Å². The van der Waals surface area contributed by atoms with Crippen LogP contribution in [0.25, 0.3) is 0 Å². The van der Waals surface area contributed by atoms with E-state index in [0.717, 1.165) is 0 Å². The third-order valence-electron chi connectivity index (χ3n) is 3.56. The van der Waals surface area contributed by atoms with Gasteiger partial charge in [-0.15, -0.1) is 0 Å². The van der Waals surface area contributed by atoms with E-state index in [1.54, 1.807) is 6.92 Å². The summed E-state index contributed by atoms with van der Waals surface area (Å²) in [7, 11) is -3.11. The number of amidine groups is 1. The fourth-order valence-corrected chi connectivity index (χ4v) is 3.07. The van der Waals surface area contributed by atoms with Gasteiger partial charge in [-0.25, -0.2) is 8.42 Å². The highest BCUT2D eigenvalue weighted by molar-refractivity contribution is 7.91. The number of nitrogens with two attached hydrogens (primary N) is 1. The zero-order valence-corrected chi connectivity index (χ0v) is 12.0. The van der Waals surface area contributed by atoms with Crippen molar-refractivity contribution in [3.8, 4) is 0 Å². The van der Waals surface area contributed by atoms with Gasteiger partial charge in [0, 0.05) is 12.3 Å². The van der Waals surface area contributed by atoms with Gasteiger partial charge in [0.1, 0.15) is 5.41 Å². The predicted molar refractivity (Wildman–Crippen MR) is 71.6 cm³/mol. The molecule has 1 fully saturated rings. The van der Waals surface area contributed by atoms with Crippen molar-refractivity contribution in [2.24, 2.45) is 22.2 Å². The van der Waals surface area contributed by atoms with E-state index in [0.29, 0.717) is 18.8 Å². The zero-order chi connectivity index (χ0) is 14.7. The first kappa shape index (κ1) is 15.7. The largest absolute Gasteiger partial charge is 0.409 e. The second kappa shape index (κ2) is 5.77. The number of sulfone groups is 1. The zero-order valence-electron chi connectivity index (χ0n) is 11.2. The Bertz CT molecular complexity index is 466. The van der Waals surface area contributed by atoms with E-state index in [4.69, 9.17) is 10.9 Å². The van der Waals surface area contributed by atoms with Crippen molar-refractivity contribution in [2.45, 2.75) is 26.7 Å². The Morgan fingerprint density at radius 2 is 2.11 bits per heavy atom. The predicted octanol–water partition coefficient (Wildman–Crippen LogP) is -0.300. The molecule has 0 spiro atoms. The quantitative estimate of drug-likeness (QED) is 0.268. The maximum Gasteiger partial charge on any atom is 0.234 e. The molecule has 7 nitrogen and oxygen atoms in total. The highest BCUT2D eigenvalue weighted by Gasteiger charge is 2.52. The molecule has 1 aliphatic rings. The summed E-state index contributed by atoms with van der Waals surface area (Å²) < 4.78 is 22.6. The summed E-state index contributed by atoms with van der Waals surface area (Å²) in [6.07, 6.45) is 1.02. The third-order valence-corrected chi connectivity index (χ3v) is 5.27. The molecule has 0 aromatic rings. The highest BCUT2D eigenvalue weighted by Crippen LogP contribution is 2.45. The number of nitrogens with one attached hydrogen (secondary N) is 1. The lowest BCUT2D eigenvalue weighted by atomic mass is 9.61. The molecule has 0 unspecified atom stereocenters. The van der Waals surface area contributed by atoms with Crippen molar-refractivity contribution in [3.05, 3.63) is 0 Å². The molecule has 0 aromatic heterocycles. The first-order valence-corrected chi connectivity index (χ1v) is 8.06. The Kier molecular flexibility index (Phi) is 4.78. The van der Waals surface area contributed by atoms with Crippen LogP contribution in [0.5, 0.6) is 0 Å². The summed E-state index contributed by atoms with van der Waals surface area (Å²) in [5.41, 5.74) is 4.60. The summed E-state index contributed by atoms with van der Waals surface area (Å²) >= 11 is 0. The molecular formula is C11H21N3O4S. The Labute approximate surface area is 113 Å². The van der Waals surface area contributed by atoms with E-state index >= 15 is 0 Å². The molecule has 1 rings (SSSR count). The lowest BCUT2D eigenvalue weighted by molar-refractivity contribution is -0.133. The van der Waals surface area contributed by atoms with Crippen molar-refractivity contribution in [3.63, 3.8) is 0 Å². The normalized spacial score (nSPS) is 27.7. The summed E-state index contributed by atoms with van der Waals surface area (Å²) in [6, 6.07) is 0. The van der Waals surface area contributed by atoms with E-state index in [9.17, 15) is 13.2 Å². The van der Waals surface area contributed by atoms with Gasteiger partial charge in [0.2, 0.25) is 5.91 Å². The maximum atomic E-state index is 12.1. The number of oxime groups is 1. The van der Waals surface area contributed by atoms with E-state index in [-0.39, 0.29) is 29.8 Å². The van der Waals surface area contributed by atoms with Crippen molar-refractivity contribution in [2.75, 3.05) is 18.1 Å². The van der Waals surface area contributed by atoms with Crippen molar-refractivity contribution in [1.82, 2.24) is 5.32 Å². The van der Waals surface area contributed by atoms with E-state index in [1.807, 2.05) is 6.92 Å². The molecular weight excluding hydrogens is 270 g/mol. The summed E-state index contributed by atoms with van der Waals surface area (Å²) in [4.78, 5) is 12.1. The molecule has 4 N–H and O–H groups in total. The van der Waals surface area contributed by atoms with Crippen molar-refractivity contribution < 1.29 is 18.4 Å². The molecule has 0 bridgehead atoms. The first-order valence-electron chi connectivity index (χ1n) is 6.24. The lowest BCUT2D eigenvalue weighted by Gasteiger charge is -2.43. The fraction of sp³-hybridized carbons (Fsp3) is 0.818. The second-order valence-corrected chi connectivity index (χ2v) is 7.55. The van der Waals surface area contributed by atoms with Gasteiger partial charge in [-0.05, 0) is 18.8 Å². The topological polar surface area (TPSA) is 122 Å². The molecule has 110 valence electrons. The van der Waals surface area contributed by atoms with Crippen LogP contribution < -0.4 is 11.1 Å². The van der Waals surface area contributed by atoms with Crippen LogP contribution in [0.3, 0.4) is 0 Å². The first-order chi connectivity index (χ1) is 8.77. The number of nitrogens with zero attached hydrogens (tertiary/aromatic N) is 1. The third kappa shape index (κ3) is 3.37. The number of amides is 1. The Balaban J connectivity index is 2.61. The number of carbonyl (C=O) groups excluding carboxylic acids is 1. The van der Waals surface area contributed by atoms with Crippen LogP contribution in [0.4, 0.5) is 0 Å². The monoisotopic (exact) mass is 291 g/mol. The van der Waals surface area contributed by atoms with Crippen molar-refractivity contribution >= 4 is 21.6 Å². The Morgan fingerprint density at radius 1 is 1.53 bits per heavy atom. The molecule has 0 radical (unpaired) electrons. The van der Waals surface area contributed by atoms with Gasteiger partial charge in [0.05, 0.1) is 5.75 Å². The fourth-order valence-electron chi connectivity index (χ4n) is 2.37. The standard InChI is InChI=1S/C11H21N3O4S/c1-3-19(17,18)5-4-13-10(15)11(9(12)14-16)6-8(2)7-11/h8,16H,3-7H2,1-2H3,(H2,12,14)(H,13,15). The van der Waals surface area contributed by atoms with Crippen LogP contribution in [0.1, 0.15) is 26.7 Å². The summed E-state index contributed by atoms with van der Waals surface area (Å²) in [5.74, 6) is -0.207. The number of hydrogen-bond donors (Lipinski definition) is 3. The van der Waals surface area contributed by atoms with Gasteiger partial charge < -0.3 is 16.3 Å². The Morgan fingerprint density at radius 3 is 2.53 bits per heavy atom. The Hall–Kier alpha value is -1.31. The summed E-state index contributed by atoms with van der Waals surface area (Å²) in [5, 5.41) is 14.2. The van der Waals surface area contributed by atoms with Crippen LogP contribution in [-0.4, -0.2) is 43.4 Å². The molecule has 1 saturated carbocycles. The summed E-state index contributed by atoms with van der Waals surface area (Å²) in [6.45, 7) is 3.57. The lowest BCUT2D eigenvalue weighted by Crippen LogP contribution is -2.57. The van der Waals surface area contributed by atoms with Gasteiger partial charge in [-0.1, -0.05) is 19.0 Å². The molecule has 0 aromatic carbocycles. The minimum absolute atomic E-state index is 0.0455. The minimum atomic E-state index is -3.11. The maximum absolute atomic E-state index is 12.1. The van der Waals surface area contributed by atoms with E-state index in [1.165, 1.54) is 0 Å². The van der Waals surface area contributed by atoms with Gasteiger partial charge >= 0.3 is 0 Å². The van der Waals surface area contributed by atoms with Crippen LogP contribution in [0.15, 0.2) is 5.16 Å². The van der Waals surface area contributed by atoms with Gasteiger partial charge in [0.25, 0.3) is 0 Å². The molecule has 19 heavy (non-hydrogen) atoms. The molecule has 0 atom stereocenters. The second-order valence-electron chi connectivity index (χ2n) is 5.07. The van der Waals surface area contributed by atoms with E-state index < -0.39 is 15.3 Å². The average Bonchev–Trinajstić information content (AvgIpc) is 2.33. The molecule has 1 aliphatic carbocycles. The molecule has 1 amide bonds.